The third-order valence-electron chi connectivity index (χ3n) is 1.94. The Bertz CT molecular complexity index is 340. The van der Waals surface area contributed by atoms with Gasteiger partial charge in [0.05, 0.1) is 0 Å². The Morgan fingerprint density at radius 1 is 1.56 bits per heavy atom. The highest BCUT2D eigenvalue weighted by atomic mass is 16.5. The Labute approximate surface area is 93.2 Å². The molecule has 0 bridgehead atoms. The van der Waals surface area contributed by atoms with Gasteiger partial charge in [-0.25, -0.2) is 4.98 Å². The summed E-state index contributed by atoms with van der Waals surface area (Å²) in [6.45, 7) is 0.828. The van der Waals surface area contributed by atoms with Crippen LogP contribution in [0.3, 0.4) is 0 Å². The van der Waals surface area contributed by atoms with E-state index in [2.05, 4.69) is 4.98 Å². The summed E-state index contributed by atoms with van der Waals surface area (Å²) in [6.07, 6.45) is 1.80. The topological polar surface area (TPSA) is 111 Å². The standard InChI is InChI=1S/C10H15N3O3/c11-3-4-16-9-2-1-7(6-13-9)5-8(12)10(14)15/h1-2,6,8H,3-5,11-12H2,(H,14,15). The third kappa shape index (κ3) is 3.84. The molecule has 0 amide bonds. The van der Waals surface area contributed by atoms with Gasteiger partial charge in [-0.2, -0.15) is 0 Å². The maximum absolute atomic E-state index is 10.5. The van der Waals surface area contributed by atoms with Crippen molar-refractivity contribution < 1.29 is 14.6 Å². The van der Waals surface area contributed by atoms with Crippen LogP contribution in [0.4, 0.5) is 0 Å². The van der Waals surface area contributed by atoms with Gasteiger partial charge in [0, 0.05) is 18.8 Å². The normalized spacial score (nSPS) is 12.1. The lowest BCUT2D eigenvalue weighted by molar-refractivity contribution is -0.138. The number of aromatic nitrogens is 1. The van der Waals surface area contributed by atoms with Crippen molar-refractivity contribution in [3.63, 3.8) is 0 Å². The molecule has 0 radical (unpaired) electrons. The molecule has 0 aliphatic carbocycles. The van der Waals surface area contributed by atoms with E-state index in [0.717, 1.165) is 5.56 Å². The van der Waals surface area contributed by atoms with E-state index in [1.807, 2.05) is 0 Å². The molecule has 0 aliphatic heterocycles. The van der Waals surface area contributed by atoms with Gasteiger partial charge in [0.2, 0.25) is 5.88 Å². The Morgan fingerprint density at radius 3 is 2.81 bits per heavy atom. The molecule has 0 fully saturated rings. The fourth-order valence-corrected chi connectivity index (χ4v) is 1.12. The molecule has 0 saturated carbocycles. The summed E-state index contributed by atoms with van der Waals surface area (Å²) in [5.74, 6) is -0.554. The molecule has 0 spiro atoms. The molecule has 1 atom stereocenters. The lowest BCUT2D eigenvalue weighted by atomic mass is 10.1. The minimum Gasteiger partial charge on any atom is -0.480 e. The molecule has 0 aliphatic rings. The molecule has 0 aromatic carbocycles. The van der Waals surface area contributed by atoms with Gasteiger partial charge >= 0.3 is 5.97 Å². The van der Waals surface area contributed by atoms with E-state index in [9.17, 15) is 4.79 Å². The molecule has 1 aromatic rings. The van der Waals surface area contributed by atoms with E-state index in [1.54, 1.807) is 18.3 Å². The summed E-state index contributed by atoms with van der Waals surface area (Å²) in [5.41, 5.74) is 11.4. The highest BCUT2D eigenvalue weighted by Crippen LogP contribution is 2.08. The van der Waals surface area contributed by atoms with Gasteiger partial charge in [0.1, 0.15) is 12.6 Å². The molecule has 0 saturated heterocycles. The zero-order chi connectivity index (χ0) is 12.0. The third-order valence-corrected chi connectivity index (χ3v) is 1.94. The maximum Gasteiger partial charge on any atom is 0.320 e. The fourth-order valence-electron chi connectivity index (χ4n) is 1.12. The first-order valence-corrected chi connectivity index (χ1v) is 4.89. The highest BCUT2D eigenvalue weighted by Gasteiger charge is 2.12. The lowest BCUT2D eigenvalue weighted by Crippen LogP contribution is -2.32. The van der Waals surface area contributed by atoms with Crippen LogP contribution in [0.1, 0.15) is 5.56 Å². The quantitative estimate of drug-likeness (QED) is 0.594. The average molecular weight is 225 g/mol. The second-order valence-electron chi connectivity index (χ2n) is 3.29. The van der Waals surface area contributed by atoms with Crippen molar-refractivity contribution in [3.05, 3.63) is 23.9 Å². The summed E-state index contributed by atoms with van der Waals surface area (Å²) in [4.78, 5) is 14.5. The van der Waals surface area contributed by atoms with Crippen LogP contribution < -0.4 is 16.2 Å². The number of aliphatic carboxylic acids is 1. The predicted molar refractivity (Wildman–Crippen MR) is 58.1 cm³/mol. The van der Waals surface area contributed by atoms with Crippen LogP contribution >= 0.6 is 0 Å². The van der Waals surface area contributed by atoms with Crippen LogP contribution in [0.5, 0.6) is 5.88 Å². The number of rotatable bonds is 6. The van der Waals surface area contributed by atoms with E-state index in [0.29, 0.717) is 19.0 Å². The van der Waals surface area contributed by atoms with Crippen molar-refractivity contribution in [2.24, 2.45) is 11.5 Å². The van der Waals surface area contributed by atoms with Gasteiger partial charge in [-0.1, -0.05) is 6.07 Å². The number of hydrogen-bond acceptors (Lipinski definition) is 5. The first kappa shape index (κ1) is 12.4. The van der Waals surface area contributed by atoms with Crippen LogP contribution in [-0.4, -0.2) is 35.3 Å². The van der Waals surface area contributed by atoms with Crippen LogP contribution in [0.25, 0.3) is 0 Å². The van der Waals surface area contributed by atoms with E-state index in [-0.39, 0.29) is 6.42 Å². The number of ether oxygens (including phenoxy) is 1. The summed E-state index contributed by atoms with van der Waals surface area (Å²) in [5, 5.41) is 8.63. The van der Waals surface area contributed by atoms with Crippen molar-refractivity contribution in [1.29, 1.82) is 0 Å². The Kier molecular flexibility index (Phi) is 4.68. The van der Waals surface area contributed by atoms with Crippen molar-refractivity contribution in [2.75, 3.05) is 13.2 Å². The van der Waals surface area contributed by atoms with Crippen molar-refractivity contribution in [2.45, 2.75) is 12.5 Å². The molecule has 6 heteroatoms. The number of nitrogens with two attached hydrogens (primary N) is 2. The molecule has 1 unspecified atom stereocenters. The molecule has 1 heterocycles. The molecule has 6 nitrogen and oxygen atoms in total. The van der Waals surface area contributed by atoms with E-state index in [1.165, 1.54) is 0 Å². The number of pyridine rings is 1. The Balaban J connectivity index is 2.54. The number of nitrogens with zero attached hydrogens (tertiary/aromatic N) is 1. The lowest BCUT2D eigenvalue weighted by Gasteiger charge is -2.07. The summed E-state index contributed by atoms with van der Waals surface area (Å²) in [6, 6.07) is 2.50. The Morgan fingerprint density at radius 2 is 2.31 bits per heavy atom. The second kappa shape index (κ2) is 6.04. The smallest absolute Gasteiger partial charge is 0.320 e. The molecule has 1 aromatic heterocycles. The summed E-state index contributed by atoms with van der Waals surface area (Å²) >= 11 is 0. The zero-order valence-electron chi connectivity index (χ0n) is 8.80. The van der Waals surface area contributed by atoms with Crippen molar-refractivity contribution in [1.82, 2.24) is 4.98 Å². The first-order chi connectivity index (χ1) is 7.63. The number of carboxylic acid groups (broad SMARTS) is 1. The van der Waals surface area contributed by atoms with Gasteiger partial charge in [-0.15, -0.1) is 0 Å². The van der Waals surface area contributed by atoms with Crippen molar-refractivity contribution >= 4 is 5.97 Å². The van der Waals surface area contributed by atoms with Crippen LogP contribution in [0, 0.1) is 0 Å². The molecular weight excluding hydrogens is 210 g/mol. The van der Waals surface area contributed by atoms with Gasteiger partial charge in [-0.3, -0.25) is 4.79 Å². The number of carboxylic acids is 1. The minimum atomic E-state index is -1.02. The SMILES string of the molecule is NCCOc1ccc(CC(N)C(=O)O)cn1. The number of carbonyl (C=O) groups is 1. The van der Waals surface area contributed by atoms with E-state index in [4.69, 9.17) is 21.3 Å². The van der Waals surface area contributed by atoms with Gasteiger partial charge < -0.3 is 21.3 Å². The average Bonchev–Trinajstić information content (AvgIpc) is 2.28. The van der Waals surface area contributed by atoms with Gasteiger partial charge in [-0.05, 0) is 12.0 Å². The molecule has 5 N–H and O–H groups in total. The van der Waals surface area contributed by atoms with Crippen LogP contribution in [0.15, 0.2) is 18.3 Å². The van der Waals surface area contributed by atoms with Crippen molar-refractivity contribution in [3.8, 4) is 5.88 Å². The first-order valence-electron chi connectivity index (χ1n) is 4.89. The highest BCUT2D eigenvalue weighted by molar-refractivity contribution is 5.73. The van der Waals surface area contributed by atoms with Gasteiger partial charge in [0.15, 0.2) is 0 Å². The van der Waals surface area contributed by atoms with E-state index >= 15 is 0 Å². The van der Waals surface area contributed by atoms with Gasteiger partial charge in [0.25, 0.3) is 0 Å². The maximum atomic E-state index is 10.5. The summed E-state index contributed by atoms with van der Waals surface area (Å²) in [7, 11) is 0. The zero-order valence-corrected chi connectivity index (χ0v) is 8.80. The van der Waals surface area contributed by atoms with Crippen LogP contribution in [-0.2, 0) is 11.2 Å². The molecule has 1 rings (SSSR count). The van der Waals surface area contributed by atoms with E-state index < -0.39 is 12.0 Å². The molecular formula is C10H15N3O3. The Hall–Kier alpha value is -1.66. The largest absolute Gasteiger partial charge is 0.480 e. The predicted octanol–water partition coefficient (Wildman–Crippen LogP) is -0.626. The minimum absolute atomic E-state index is 0.250. The number of hydrogen-bond donors (Lipinski definition) is 3. The second-order valence-corrected chi connectivity index (χ2v) is 3.29. The monoisotopic (exact) mass is 225 g/mol. The molecule has 16 heavy (non-hydrogen) atoms. The fraction of sp³-hybridized carbons (Fsp3) is 0.400. The van der Waals surface area contributed by atoms with Crippen LogP contribution in [0.2, 0.25) is 0 Å². The molecule has 88 valence electrons. The summed E-state index contributed by atoms with van der Waals surface area (Å²) < 4.78 is 5.18.